The van der Waals surface area contributed by atoms with Gasteiger partial charge in [-0.2, -0.15) is 0 Å². The molecule has 1 fully saturated rings. The van der Waals surface area contributed by atoms with E-state index >= 15 is 0 Å². The topological polar surface area (TPSA) is 76.7 Å². The molecule has 0 aliphatic heterocycles. The molecule has 0 unspecified atom stereocenters. The lowest BCUT2D eigenvalue weighted by Gasteiger charge is -2.23. The number of hydrogen-bond donors (Lipinski definition) is 2. The van der Waals surface area contributed by atoms with E-state index in [-0.39, 0.29) is 24.5 Å². The Morgan fingerprint density at radius 1 is 1.24 bits per heavy atom. The summed E-state index contributed by atoms with van der Waals surface area (Å²) in [7, 11) is 0. The Labute approximate surface area is 126 Å². The summed E-state index contributed by atoms with van der Waals surface area (Å²) < 4.78 is 10.3. The van der Waals surface area contributed by atoms with Crippen molar-refractivity contribution in [1.82, 2.24) is 10.6 Å². The van der Waals surface area contributed by atoms with Crippen molar-refractivity contribution >= 4 is 12.0 Å². The van der Waals surface area contributed by atoms with Crippen LogP contribution in [0.25, 0.3) is 0 Å². The monoisotopic (exact) mass is 300 g/mol. The number of nitrogens with one attached hydrogen (secondary N) is 2. The van der Waals surface area contributed by atoms with E-state index in [4.69, 9.17) is 9.47 Å². The Kier molecular flexibility index (Phi) is 6.95. The van der Waals surface area contributed by atoms with Crippen molar-refractivity contribution in [3.05, 3.63) is 0 Å². The van der Waals surface area contributed by atoms with Crippen LogP contribution in [-0.2, 0) is 14.3 Å². The van der Waals surface area contributed by atoms with Crippen LogP contribution < -0.4 is 10.6 Å². The molecule has 0 spiro atoms. The zero-order valence-corrected chi connectivity index (χ0v) is 13.5. The summed E-state index contributed by atoms with van der Waals surface area (Å²) in [5.74, 6) is 0.161. The molecule has 122 valence electrons. The van der Waals surface area contributed by atoms with Crippen molar-refractivity contribution in [3.63, 3.8) is 0 Å². The quantitative estimate of drug-likeness (QED) is 0.784. The second-order valence-electron chi connectivity index (χ2n) is 6.38. The first-order chi connectivity index (χ1) is 9.81. The highest BCUT2D eigenvalue weighted by Crippen LogP contribution is 2.25. The minimum atomic E-state index is -0.495. The predicted octanol–water partition coefficient (Wildman–Crippen LogP) is 1.83. The first-order valence-electron chi connectivity index (χ1n) is 7.65. The highest BCUT2D eigenvalue weighted by atomic mass is 16.6. The molecular weight excluding hydrogens is 272 g/mol. The Morgan fingerprint density at radius 3 is 2.57 bits per heavy atom. The maximum atomic E-state index is 11.7. The van der Waals surface area contributed by atoms with Crippen molar-refractivity contribution in [2.24, 2.45) is 5.92 Å². The molecule has 0 heterocycles. The molecule has 0 radical (unpaired) electrons. The standard InChI is InChI=1S/C15H28N2O4/c1-5-20-10-13(18)17-12-8-6-7-11(12)9-16-14(19)21-15(2,3)4/h11-12H,5-10H2,1-4H3,(H,16,19)(H,17,18)/t11-,12+/m1/s1. The van der Waals surface area contributed by atoms with Gasteiger partial charge in [-0.3, -0.25) is 4.79 Å². The van der Waals surface area contributed by atoms with Crippen LogP contribution in [0, 0.1) is 5.92 Å². The zero-order valence-electron chi connectivity index (χ0n) is 13.5. The van der Waals surface area contributed by atoms with Crippen LogP contribution in [-0.4, -0.2) is 43.4 Å². The van der Waals surface area contributed by atoms with Gasteiger partial charge in [0.15, 0.2) is 0 Å². The van der Waals surface area contributed by atoms with Crippen LogP contribution in [0.15, 0.2) is 0 Å². The molecule has 6 nitrogen and oxygen atoms in total. The van der Waals surface area contributed by atoms with Gasteiger partial charge in [-0.1, -0.05) is 6.42 Å². The smallest absolute Gasteiger partial charge is 0.407 e. The molecule has 2 amide bonds. The lowest BCUT2D eigenvalue weighted by Crippen LogP contribution is -2.44. The summed E-state index contributed by atoms with van der Waals surface area (Å²) in [6.45, 7) is 8.50. The molecule has 1 saturated carbocycles. The molecule has 2 N–H and O–H groups in total. The minimum Gasteiger partial charge on any atom is -0.444 e. The van der Waals surface area contributed by atoms with E-state index in [1.807, 2.05) is 27.7 Å². The maximum absolute atomic E-state index is 11.7. The Balaban J connectivity index is 2.33. The summed E-state index contributed by atoms with van der Waals surface area (Å²) in [6, 6.07) is 0.105. The second-order valence-corrected chi connectivity index (χ2v) is 6.38. The lowest BCUT2D eigenvalue weighted by molar-refractivity contribution is -0.126. The summed E-state index contributed by atoms with van der Waals surface area (Å²) in [6.07, 6.45) is 2.59. The molecular formula is C15H28N2O4. The molecule has 21 heavy (non-hydrogen) atoms. The van der Waals surface area contributed by atoms with Crippen molar-refractivity contribution < 1.29 is 19.1 Å². The Hall–Kier alpha value is -1.30. The average Bonchev–Trinajstić information content (AvgIpc) is 2.79. The van der Waals surface area contributed by atoms with Gasteiger partial charge in [0.2, 0.25) is 5.91 Å². The van der Waals surface area contributed by atoms with Crippen LogP contribution in [0.3, 0.4) is 0 Å². The fourth-order valence-electron chi connectivity index (χ4n) is 2.44. The van der Waals surface area contributed by atoms with Crippen LogP contribution in [0.1, 0.15) is 47.0 Å². The molecule has 0 bridgehead atoms. The molecule has 0 aromatic heterocycles. The number of alkyl carbamates (subject to hydrolysis) is 1. The molecule has 0 aromatic rings. The molecule has 1 rings (SSSR count). The Morgan fingerprint density at radius 2 is 1.95 bits per heavy atom. The van der Waals surface area contributed by atoms with Crippen molar-refractivity contribution in [1.29, 1.82) is 0 Å². The Bertz CT molecular complexity index is 352. The van der Waals surface area contributed by atoms with Crippen LogP contribution in [0.2, 0.25) is 0 Å². The normalized spacial score (nSPS) is 21.9. The fraction of sp³-hybridized carbons (Fsp3) is 0.867. The highest BCUT2D eigenvalue weighted by molar-refractivity contribution is 5.77. The third kappa shape index (κ3) is 7.32. The van der Waals surface area contributed by atoms with Gasteiger partial charge in [-0.15, -0.1) is 0 Å². The van der Waals surface area contributed by atoms with Gasteiger partial charge in [0, 0.05) is 19.2 Å². The average molecular weight is 300 g/mol. The number of rotatable bonds is 6. The second kappa shape index (κ2) is 8.22. The number of carbonyl (C=O) groups excluding carboxylic acids is 2. The molecule has 1 aliphatic rings. The van der Waals surface area contributed by atoms with Crippen molar-refractivity contribution in [2.45, 2.75) is 58.6 Å². The fourth-order valence-corrected chi connectivity index (χ4v) is 2.44. The summed E-state index contributed by atoms with van der Waals surface area (Å²) in [5, 5.41) is 5.76. The third-order valence-electron chi connectivity index (χ3n) is 3.35. The predicted molar refractivity (Wildman–Crippen MR) is 80.0 cm³/mol. The minimum absolute atomic E-state index is 0.0916. The number of amides is 2. The van der Waals surface area contributed by atoms with Gasteiger partial charge in [0.25, 0.3) is 0 Å². The first-order valence-corrected chi connectivity index (χ1v) is 7.65. The van der Waals surface area contributed by atoms with E-state index in [2.05, 4.69) is 10.6 Å². The van der Waals surface area contributed by atoms with Gasteiger partial charge >= 0.3 is 6.09 Å². The van der Waals surface area contributed by atoms with E-state index in [0.717, 1.165) is 19.3 Å². The summed E-state index contributed by atoms with van der Waals surface area (Å²) in [5.41, 5.74) is -0.495. The maximum Gasteiger partial charge on any atom is 0.407 e. The van der Waals surface area contributed by atoms with E-state index in [9.17, 15) is 9.59 Å². The summed E-state index contributed by atoms with van der Waals surface area (Å²) in [4.78, 5) is 23.3. The van der Waals surface area contributed by atoms with E-state index < -0.39 is 11.7 Å². The highest BCUT2D eigenvalue weighted by Gasteiger charge is 2.29. The lowest BCUT2D eigenvalue weighted by atomic mass is 10.0. The third-order valence-corrected chi connectivity index (χ3v) is 3.35. The molecule has 6 heteroatoms. The SMILES string of the molecule is CCOCC(=O)N[C@H]1CCC[C@@H]1CNC(=O)OC(C)(C)C. The molecule has 2 atom stereocenters. The largest absolute Gasteiger partial charge is 0.444 e. The summed E-state index contributed by atoms with van der Waals surface area (Å²) >= 11 is 0. The number of ether oxygens (including phenoxy) is 2. The van der Waals surface area contributed by atoms with Crippen LogP contribution in [0.5, 0.6) is 0 Å². The van der Waals surface area contributed by atoms with Crippen molar-refractivity contribution in [2.75, 3.05) is 19.8 Å². The zero-order chi connectivity index (χ0) is 15.9. The van der Waals surface area contributed by atoms with Gasteiger partial charge in [0.1, 0.15) is 12.2 Å². The van der Waals surface area contributed by atoms with Gasteiger partial charge in [-0.25, -0.2) is 4.79 Å². The molecule has 0 saturated heterocycles. The number of hydrogen-bond acceptors (Lipinski definition) is 4. The molecule has 0 aromatic carbocycles. The van der Waals surface area contributed by atoms with Crippen molar-refractivity contribution in [3.8, 4) is 0 Å². The van der Waals surface area contributed by atoms with E-state index in [0.29, 0.717) is 13.2 Å². The van der Waals surface area contributed by atoms with E-state index in [1.165, 1.54) is 0 Å². The number of carbonyl (C=O) groups is 2. The van der Waals surface area contributed by atoms with E-state index in [1.54, 1.807) is 0 Å². The van der Waals surface area contributed by atoms with Gasteiger partial charge in [0.05, 0.1) is 0 Å². The van der Waals surface area contributed by atoms with Crippen LogP contribution >= 0.6 is 0 Å². The van der Waals surface area contributed by atoms with Gasteiger partial charge in [-0.05, 0) is 46.5 Å². The van der Waals surface area contributed by atoms with Gasteiger partial charge < -0.3 is 20.1 Å². The first kappa shape index (κ1) is 17.8. The van der Waals surface area contributed by atoms with Crippen LogP contribution in [0.4, 0.5) is 4.79 Å². The molecule has 1 aliphatic carbocycles.